The van der Waals surface area contributed by atoms with E-state index in [1.54, 1.807) is 6.07 Å². The molecular formula is C16H16Br2N2O2. The summed E-state index contributed by atoms with van der Waals surface area (Å²) in [7, 11) is 0. The first-order chi connectivity index (χ1) is 10.4. The number of carbonyl (C=O) groups is 1. The van der Waals surface area contributed by atoms with E-state index in [1.807, 2.05) is 38.1 Å². The second-order valence-corrected chi connectivity index (χ2v) is 6.73. The van der Waals surface area contributed by atoms with E-state index in [2.05, 4.69) is 37.2 Å². The minimum atomic E-state index is -0.259. The molecule has 0 atom stereocenters. The maximum atomic E-state index is 12.0. The molecule has 0 heterocycles. The fraction of sp³-hybridized carbons (Fsp3) is 0.188. The summed E-state index contributed by atoms with van der Waals surface area (Å²) in [6.45, 7) is 3.77. The molecule has 0 bridgehead atoms. The van der Waals surface area contributed by atoms with Crippen LogP contribution in [0, 0.1) is 13.8 Å². The number of nitrogens with one attached hydrogen (secondary N) is 1. The third-order valence-corrected chi connectivity index (χ3v) is 4.07. The molecule has 0 unspecified atom stereocenters. The number of nitrogens with two attached hydrogens (primary N) is 1. The third-order valence-electron chi connectivity index (χ3n) is 3.02. The van der Waals surface area contributed by atoms with Crippen molar-refractivity contribution < 1.29 is 9.53 Å². The highest BCUT2D eigenvalue weighted by molar-refractivity contribution is 9.11. The predicted molar refractivity (Wildman–Crippen MR) is 96.3 cm³/mol. The van der Waals surface area contributed by atoms with Crippen LogP contribution in [0.15, 0.2) is 39.3 Å². The Hall–Kier alpha value is -1.53. The Morgan fingerprint density at radius 3 is 2.59 bits per heavy atom. The highest BCUT2D eigenvalue weighted by atomic mass is 79.9. The molecule has 1 amide bonds. The Balaban J connectivity index is 2.02. The molecule has 22 heavy (non-hydrogen) atoms. The van der Waals surface area contributed by atoms with Gasteiger partial charge in [0.05, 0.1) is 15.8 Å². The van der Waals surface area contributed by atoms with E-state index < -0.39 is 0 Å². The number of amides is 1. The summed E-state index contributed by atoms with van der Waals surface area (Å²) in [5.41, 5.74) is 8.98. The molecule has 2 aromatic rings. The van der Waals surface area contributed by atoms with Crippen molar-refractivity contribution in [2.45, 2.75) is 13.8 Å². The number of hydrogen-bond donors (Lipinski definition) is 2. The molecule has 0 spiro atoms. The average Bonchev–Trinajstić information content (AvgIpc) is 2.40. The summed E-state index contributed by atoms with van der Waals surface area (Å²) in [5, 5.41) is 2.74. The standard InChI is InChI=1S/C16H16Br2N2O2/c1-9-3-4-14(13(19)5-9)20-15(21)8-22-16-10(2)6-11(17)7-12(16)18/h3-7H,8,19H2,1-2H3,(H,20,21). The Morgan fingerprint density at radius 2 is 1.95 bits per heavy atom. The van der Waals surface area contributed by atoms with Gasteiger partial charge in [0.2, 0.25) is 0 Å². The molecule has 4 nitrogen and oxygen atoms in total. The summed E-state index contributed by atoms with van der Waals surface area (Å²) in [6, 6.07) is 9.28. The van der Waals surface area contributed by atoms with Crippen LogP contribution in [-0.2, 0) is 4.79 Å². The van der Waals surface area contributed by atoms with Crippen molar-refractivity contribution in [3.8, 4) is 5.75 Å². The van der Waals surface area contributed by atoms with Crippen LogP contribution in [0.2, 0.25) is 0 Å². The van der Waals surface area contributed by atoms with Crippen molar-refractivity contribution >= 4 is 49.1 Å². The lowest BCUT2D eigenvalue weighted by atomic mass is 10.2. The molecule has 0 aliphatic carbocycles. The fourth-order valence-electron chi connectivity index (χ4n) is 1.99. The molecule has 0 fully saturated rings. The molecular weight excluding hydrogens is 412 g/mol. The summed E-state index contributed by atoms with van der Waals surface area (Å²) in [6.07, 6.45) is 0. The fourth-order valence-corrected chi connectivity index (χ4v) is 3.55. The van der Waals surface area contributed by atoms with E-state index in [1.165, 1.54) is 0 Å². The Morgan fingerprint density at radius 1 is 1.23 bits per heavy atom. The second kappa shape index (κ2) is 7.15. The average molecular weight is 428 g/mol. The number of rotatable bonds is 4. The molecule has 0 radical (unpaired) electrons. The molecule has 3 N–H and O–H groups in total. The van der Waals surface area contributed by atoms with Crippen molar-refractivity contribution in [3.63, 3.8) is 0 Å². The molecule has 0 saturated heterocycles. The Kier molecular flexibility index (Phi) is 5.47. The van der Waals surface area contributed by atoms with Crippen LogP contribution in [0.5, 0.6) is 5.75 Å². The minimum Gasteiger partial charge on any atom is -0.482 e. The quantitative estimate of drug-likeness (QED) is 0.709. The molecule has 0 aromatic heterocycles. The van der Waals surface area contributed by atoms with Gasteiger partial charge in [-0.05, 0) is 65.2 Å². The number of aryl methyl sites for hydroxylation is 2. The van der Waals surface area contributed by atoms with Gasteiger partial charge >= 0.3 is 0 Å². The SMILES string of the molecule is Cc1ccc(NC(=O)COc2c(C)cc(Br)cc2Br)c(N)c1. The van der Waals surface area contributed by atoms with Crippen LogP contribution in [0.4, 0.5) is 11.4 Å². The van der Waals surface area contributed by atoms with Gasteiger partial charge in [0.1, 0.15) is 5.75 Å². The predicted octanol–water partition coefficient (Wildman–Crippen LogP) is 4.43. The van der Waals surface area contributed by atoms with Crippen LogP contribution >= 0.6 is 31.9 Å². The lowest BCUT2D eigenvalue weighted by molar-refractivity contribution is -0.118. The van der Waals surface area contributed by atoms with E-state index in [0.29, 0.717) is 17.1 Å². The number of halogens is 2. The van der Waals surface area contributed by atoms with E-state index in [0.717, 1.165) is 20.1 Å². The summed E-state index contributed by atoms with van der Waals surface area (Å²) < 4.78 is 7.34. The van der Waals surface area contributed by atoms with Gasteiger partial charge in [-0.3, -0.25) is 4.79 Å². The third kappa shape index (κ3) is 4.24. The lowest BCUT2D eigenvalue weighted by Crippen LogP contribution is -2.21. The highest BCUT2D eigenvalue weighted by Crippen LogP contribution is 2.32. The normalized spacial score (nSPS) is 10.4. The van der Waals surface area contributed by atoms with Gasteiger partial charge in [0.25, 0.3) is 5.91 Å². The molecule has 0 aliphatic heterocycles. The zero-order valence-electron chi connectivity index (χ0n) is 12.2. The maximum absolute atomic E-state index is 12.0. The van der Waals surface area contributed by atoms with E-state index in [9.17, 15) is 4.79 Å². The van der Waals surface area contributed by atoms with Gasteiger partial charge in [0.15, 0.2) is 6.61 Å². The number of benzene rings is 2. The van der Waals surface area contributed by atoms with Gasteiger partial charge < -0.3 is 15.8 Å². The molecule has 2 rings (SSSR count). The largest absolute Gasteiger partial charge is 0.482 e. The topological polar surface area (TPSA) is 64.3 Å². The lowest BCUT2D eigenvalue weighted by Gasteiger charge is -2.13. The molecule has 116 valence electrons. The van der Waals surface area contributed by atoms with Crippen LogP contribution in [-0.4, -0.2) is 12.5 Å². The van der Waals surface area contributed by atoms with Gasteiger partial charge in [-0.25, -0.2) is 0 Å². The Bertz CT molecular complexity index is 694. The molecule has 2 aromatic carbocycles. The van der Waals surface area contributed by atoms with Crippen LogP contribution in [0.3, 0.4) is 0 Å². The number of ether oxygens (including phenoxy) is 1. The number of hydrogen-bond acceptors (Lipinski definition) is 3. The molecule has 0 saturated carbocycles. The van der Waals surface area contributed by atoms with Gasteiger partial charge in [-0.2, -0.15) is 0 Å². The van der Waals surface area contributed by atoms with Crippen LogP contribution in [0.25, 0.3) is 0 Å². The smallest absolute Gasteiger partial charge is 0.262 e. The second-order valence-electron chi connectivity index (χ2n) is 4.96. The summed E-state index contributed by atoms with van der Waals surface area (Å²) >= 11 is 6.83. The van der Waals surface area contributed by atoms with Crippen molar-refractivity contribution in [1.82, 2.24) is 0 Å². The highest BCUT2D eigenvalue weighted by Gasteiger charge is 2.11. The zero-order chi connectivity index (χ0) is 16.3. The first kappa shape index (κ1) is 16.8. The number of carbonyl (C=O) groups excluding carboxylic acids is 1. The molecule has 6 heteroatoms. The van der Waals surface area contributed by atoms with Gasteiger partial charge in [0, 0.05) is 4.47 Å². The first-order valence-corrected chi connectivity index (χ1v) is 8.20. The number of anilines is 2. The van der Waals surface area contributed by atoms with E-state index in [4.69, 9.17) is 10.5 Å². The maximum Gasteiger partial charge on any atom is 0.262 e. The van der Waals surface area contributed by atoms with Crippen molar-refractivity contribution in [1.29, 1.82) is 0 Å². The van der Waals surface area contributed by atoms with Crippen LogP contribution < -0.4 is 15.8 Å². The van der Waals surface area contributed by atoms with Gasteiger partial charge in [-0.15, -0.1) is 0 Å². The first-order valence-electron chi connectivity index (χ1n) is 6.61. The summed E-state index contributed by atoms with van der Waals surface area (Å²) in [4.78, 5) is 12.0. The van der Waals surface area contributed by atoms with Crippen LogP contribution in [0.1, 0.15) is 11.1 Å². The summed E-state index contributed by atoms with van der Waals surface area (Å²) in [5.74, 6) is 0.389. The van der Waals surface area contributed by atoms with E-state index in [-0.39, 0.29) is 12.5 Å². The minimum absolute atomic E-state index is 0.0889. The van der Waals surface area contributed by atoms with E-state index >= 15 is 0 Å². The van der Waals surface area contributed by atoms with Crippen molar-refractivity contribution in [2.24, 2.45) is 0 Å². The zero-order valence-corrected chi connectivity index (χ0v) is 15.4. The molecule has 0 aliphatic rings. The number of nitrogen functional groups attached to an aromatic ring is 1. The Labute approximate surface area is 146 Å². The van der Waals surface area contributed by atoms with Crippen molar-refractivity contribution in [2.75, 3.05) is 17.7 Å². The monoisotopic (exact) mass is 426 g/mol. The van der Waals surface area contributed by atoms with Gasteiger partial charge in [-0.1, -0.05) is 22.0 Å². The van der Waals surface area contributed by atoms with Crippen molar-refractivity contribution in [3.05, 3.63) is 50.4 Å².